The maximum atomic E-state index is 13.2. The molecule has 0 atom stereocenters. The first kappa shape index (κ1) is 31.0. The average molecular weight is 729 g/mol. The molecule has 0 aliphatic heterocycles. The summed E-state index contributed by atoms with van der Waals surface area (Å²) in [6.07, 6.45) is -6.85. The quantitative estimate of drug-likeness (QED) is 0.215. The maximum absolute atomic E-state index is 13.2. The fourth-order valence-corrected chi connectivity index (χ4v) is 5.89. The molecule has 0 bridgehead atoms. The summed E-state index contributed by atoms with van der Waals surface area (Å²) in [6.45, 7) is 0. The summed E-state index contributed by atoms with van der Waals surface area (Å²) in [5.41, 5.74) is -6.87. The molecule has 0 spiro atoms. The Morgan fingerprint density at radius 3 is 0.973 bits per heavy atom. The van der Waals surface area contributed by atoms with Gasteiger partial charge in [0.1, 0.15) is 0 Å². The van der Waals surface area contributed by atoms with Gasteiger partial charge in [-0.15, -0.1) is 0 Å². The van der Waals surface area contributed by atoms with E-state index in [2.05, 4.69) is 24.3 Å². The minimum atomic E-state index is -5.30. The zero-order valence-electron chi connectivity index (χ0n) is 18.5. The van der Waals surface area contributed by atoms with Crippen LogP contribution in [0.3, 0.4) is 0 Å². The van der Waals surface area contributed by atoms with Crippen molar-refractivity contribution in [2.75, 3.05) is 0 Å². The Balaban J connectivity index is 0.000000510. The molecule has 208 valence electrons. The van der Waals surface area contributed by atoms with Gasteiger partial charge in [0.25, 0.3) is 0 Å². The van der Waals surface area contributed by atoms with Crippen molar-refractivity contribution in [2.24, 2.45) is 0 Å². The van der Waals surface area contributed by atoms with Crippen LogP contribution in [0.1, 0.15) is 47.9 Å². The molecule has 1 aliphatic carbocycles. The molecule has 0 fully saturated rings. The third kappa shape index (κ3) is 9.54. The van der Waals surface area contributed by atoms with Crippen molar-refractivity contribution in [1.82, 2.24) is 0 Å². The zero-order chi connectivity index (χ0) is 28.1. The van der Waals surface area contributed by atoms with E-state index in [9.17, 15) is 52.7 Å². The van der Waals surface area contributed by atoms with Gasteiger partial charge in [-0.1, -0.05) is 24.3 Å². The number of allylic oxidation sites excluding steroid dienone is 4. The molecule has 3 rings (SSSR count). The molecular formula is C24H18F12Pt. The number of hydrogen-bond donors (Lipinski definition) is 0. The van der Waals surface area contributed by atoms with Gasteiger partial charge in [0, 0.05) is 0 Å². The van der Waals surface area contributed by atoms with Crippen LogP contribution < -0.4 is 7.91 Å². The second kappa shape index (κ2) is 12.1. The SMILES string of the molecule is C1=CCCC=CCC1.FC(F)(F)c1cc[c]([Pt][c]2ccc(C(F)(F)F)cc2C(F)(F)F)c(C(F)(F)F)c1. The van der Waals surface area contributed by atoms with Crippen molar-refractivity contribution in [3.63, 3.8) is 0 Å². The van der Waals surface area contributed by atoms with Crippen molar-refractivity contribution in [3.8, 4) is 0 Å². The Hall–Kier alpha value is -2.23. The van der Waals surface area contributed by atoms with E-state index < -0.39 is 73.4 Å². The van der Waals surface area contributed by atoms with Gasteiger partial charge in [-0.3, -0.25) is 0 Å². The minimum absolute atomic E-state index is 0.229. The van der Waals surface area contributed by atoms with Crippen LogP contribution in [0.2, 0.25) is 0 Å². The van der Waals surface area contributed by atoms with E-state index in [0.29, 0.717) is 12.1 Å². The van der Waals surface area contributed by atoms with Gasteiger partial charge >= 0.3 is 163 Å². The van der Waals surface area contributed by atoms with Crippen molar-refractivity contribution in [1.29, 1.82) is 0 Å². The topological polar surface area (TPSA) is 0 Å². The number of benzene rings is 2. The molecule has 2 aromatic carbocycles. The monoisotopic (exact) mass is 729 g/mol. The van der Waals surface area contributed by atoms with Gasteiger partial charge in [0.2, 0.25) is 0 Å². The second-order valence-electron chi connectivity index (χ2n) is 7.49. The molecule has 0 heterocycles. The van der Waals surface area contributed by atoms with E-state index in [-0.39, 0.29) is 24.3 Å². The first-order valence-electron chi connectivity index (χ1n) is 10.4. The summed E-state index contributed by atoms with van der Waals surface area (Å²) in [5.74, 6) is 0. The molecule has 0 amide bonds. The van der Waals surface area contributed by atoms with E-state index in [1.54, 1.807) is 0 Å². The van der Waals surface area contributed by atoms with E-state index in [1.807, 2.05) is 0 Å². The zero-order valence-corrected chi connectivity index (χ0v) is 20.7. The summed E-state index contributed by atoms with van der Waals surface area (Å²) in [6, 6.07) is 0.900. The molecule has 0 saturated carbocycles. The third-order valence-corrected chi connectivity index (χ3v) is 7.85. The number of hydrogen-bond acceptors (Lipinski definition) is 0. The van der Waals surface area contributed by atoms with E-state index in [0.717, 1.165) is 0 Å². The summed E-state index contributed by atoms with van der Waals surface area (Å²) < 4.78 is 153. The van der Waals surface area contributed by atoms with Crippen molar-refractivity contribution < 1.29 is 71.2 Å². The number of alkyl halides is 12. The molecule has 0 unspecified atom stereocenters. The van der Waals surface area contributed by atoms with E-state index in [1.165, 1.54) is 25.7 Å². The normalized spacial score (nSPS) is 15.1. The summed E-state index contributed by atoms with van der Waals surface area (Å²) in [5, 5.41) is 0. The van der Waals surface area contributed by atoms with Crippen LogP contribution in [0.25, 0.3) is 0 Å². The van der Waals surface area contributed by atoms with Crippen molar-refractivity contribution >= 4 is 7.91 Å². The number of halogens is 12. The molecule has 2 aromatic rings. The fraction of sp³-hybridized carbons (Fsp3) is 0.333. The number of rotatable bonds is 2. The predicted octanol–water partition coefficient (Wildman–Crippen LogP) is 8.47. The van der Waals surface area contributed by atoms with E-state index in [4.69, 9.17) is 0 Å². The van der Waals surface area contributed by atoms with Crippen LogP contribution in [0.4, 0.5) is 52.7 Å². The molecule has 0 saturated heterocycles. The molecule has 0 N–H and O–H groups in total. The Bertz CT molecular complexity index is 1000. The molecule has 0 radical (unpaired) electrons. The van der Waals surface area contributed by atoms with Crippen LogP contribution in [0.5, 0.6) is 0 Å². The van der Waals surface area contributed by atoms with Crippen LogP contribution in [-0.4, -0.2) is 0 Å². The molecule has 0 nitrogen and oxygen atoms in total. The van der Waals surface area contributed by atoms with Gasteiger partial charge in [-0.2, -0.15) is 0 Å². The molecule has 1 aliphatic rings. The average Bonchev–Trinajstić information content (AvgIpc) is 2.71. The van der Waals surface area contributed by atoms with Gasteiger partial charge < -0.3 is 0 Å². The van der Waals surface area contributed by atoms with Gasteiger partial charge in [0.15, 0.2) is 0 Å². The summed E-state index contributed by atoms with van der Waals surface area (Å²) in [7, 11) is 0. The van der Waals surface area contributed by atoms with Gasteiger partial charge in [0.05, 0.1) is 0 Å². The van der Waals surface area contributed by atoms with Gasteiger partial charge in [-0.05, 0) is 25.7 Å². The summed E-state index contributed by atoms with van der Waals surface area (Å²) in [4.78, 5) is 0. The Labute approximate surface area is 212 Å². The molecule has 13 heteroatoms. The first-order valence-corrected chi connectivity index (χ1v) is 12.6. The van der Waals surface area contributed by atoms with E-state index >= 15 is 0 Å². The fourth-order valence-electron chi connectivity index (χ4n) is 2.89. The van der Waals surface area contributed by atoms with Gasteiger partial charge in [-0.25, -0.2) is 0 Å². The van der Waals surface area contributed by atoms with Crippen LogP contribution in [0, 0.1) is 0 Å². The van der Waals surface area contributed by atoms with Crippen LogP contribution in [-0.2, 0) is 43.3 Å². The van der Waals surface area contributed by atoms with Crippen LogP contribution >= 0.6 is 0 Å². The Morgan fingerprint density at radius 1 is 0.432 bits per heavy atom. The molecular weight excluding hydrogens is 711 g/mol. The predicted molar refractivity (Wildman–Crippen MR) is 109 cm³/mol. The standard InChI is InChI=1S/2C8H3F6.C8H12.Pt/c2*9-7(10,11)5-2-1-3-6(4-5)8(12,13)14;1-2-4-6-8-7-5-3-1;/h2*1-2,4H;1-2,7-8H,3-6H2;. The Kier molecular flexibility index (Phi) is 10.1. The Morgan fingerprint density at radius 2 is 0.730 bits per heavy atom. The molecule has 0 aromatic heterocycles. The second-order valence-corrected chi connectivity index (χ2v) is 10.5. The third-order valence-electron chi connectivity index (χ3n) is 4.65. The summed E-state index contributed by atoms with van der Waals surface area (Å²) >= 11 is -2.43. The molecule has 37 heavy (non-hydrogen) atoms. The first-order chi connectivity index (χ1) is 16.9. The van der Waals surface area contributed by atoms with Crippen molar-refractivity contribution in [2.45, 2.75) is 50.4 Å². The van der Waals surface area contributed by atoms with Crippen LogP contribution in [0.15, 0.2) is 60.7 Å². The van der Waals surface area contributed by atoms with Crippen molar-refractivity contribution in [3.05, 3.63) is 83.0 Å².